The van der Waals surface area contributed by atoms with E-state index in [2.05, 4.69) is 17.6 Å². The Balaban J connectivity index is 3.25. The molecule has 0 aromatic rings. The molecule has 0 aliphatic carbocycles. The largest absolute Gasteiger partial charge is 0.394 e. The van der Waals surface area contributed by atoms with Crippen LogP contribution in [0.15, 0.2) is 11.8 Å². The number of hydrogen-bond acceptors (Lipinski definition) is 2. The van der Waals surface area contributed by atoms with Crippen molar-refractivity contribution in [3.63, 3.8) is 0 Å². The van der Waals surface area contributed by atoms with Crippen LogP contribution >= 0.6 is 0 Å². The summed E-state index contributed by atoms with van der Waals surface area (Å²) in [7, 11) is 3.88. The van der Waals surface area contributed by atoms with Crippen molar-refractivity contribution < 1.29 is 0 Å². The van der Waals surface area contributed by atoms with Crippen molar-refractivity contribution in [2.45, 2.75) is 13.3 Å². The molecule has 0 spiro atoms. The lowest BCUT2D eigenvalue weighted by Crippen LogP contribution is -2.08. The first-order valence-electron chi connectivity index (χ1n) is 3.28. The van der Waals surface area contributed by atoms with E-state index < -0.39 is 0 Å². The van der Waals surface area contributed by atoms with Crippen molar-refractivity contribution in [2.24, 2.45) is 0 Å². The molecule has 0 radical (unpaired) electrons. The van der Waals surface area contributed by atoms with Gasteiger partial charge in [-0.3, -0.25) is 0 Å². The van der Waals surface area contributed by atoms with Crippen LogP contribution in [0.3, 0.4) is 0 Å². The standard InChI is InChI=1S/C7H16N2/c1-7(6-9-3)4-5-8-2/h6,8-9H,4-5H2,1-3H3/b7-6+. The molecule has 9 heavy (non-hydrogen) atoms. The van der Waals surface area contributed by atoms with Crippen LogP contribution < -0.4 is 10.6 Å². The van der Waals surface area contributed by atoms with Crippen molar-refractivity contribution in [1.29, 1.82) is 0 Å². The third-order valence-corrected chi connectivity index (χ3v) is 1.16. The van der Waals surface area contributed by atoms with E-state index in [9.17, 15) is 0 Å². The second-order valence-electron chi connectivity index (χ2n) is 2.13. The minimum atomic E-state index is 1.06. The summed E-state index contributed by atoms with van der Waals surface area (Å²) in [6.07, 6.45) is 3.15. The first-order valence-corrected chi connectivity index (χ1v) is 3.28. The van der Waals surface area contributed by atoms with Crippen LogP contribution in [0.25, 0.3) is 0 Å². The molecule has 0 aliphatic heterocycles. The van der Waals surface area contributed by atoms with Gasteiger partial charge in [-0.2, -0.15) is 0 Å². The maximum absolute atomic E-state index is 3.09. The van der Waals surface area contributed by atoms with Crippen molar-refractivity contribution in [2.75, 3.05) is 20.6 Å². The van der Waals surface area contributed by atoms with E-state index in [1.54, 1.807) is 0 Å². The second-order valence-corrected chi connectivity index (χ2v) is 2.13. The molecule has 0 aliphatic rings. The van der Waals surface area contributed by atoms with Gasteiger partial charge < -0.3 is 10.6 Å². The number of rotatable bonds is 4. The summed E-state index contributed by atoms with van der Waals surface area (Å²) in [5.74, 6) is 0. The first-order chi connectivity index (χ1) is 4.31. The van der Waals surface area contributed by atoms with Crippen LogP contribution in [0, 0.1) is 0 Å². The van der Waals surface area contributed by atoms with Gasteiger partial charge in [0.1, 0.15) is 0 Å². The SMILES string of the molecule is CN/C=C(\C)CCNC. The fourth-order valence-corrected chi connectivity index (χ4v) is 0.641. The Kier molecular flexibility index (Phi) is 5.32. The molecular weight excluding hydrogens is 112 g/mol. The van der Waals surface area contributed by atoms with Gasteiger partial charge in [0.2, 0.25) is 0 Å². The van der Waals surface area contributed by atoms with Gasteiger partial charge >= 0.3 is 0 Å². The maximum atomic E-state index is 3.09. The molecule has 2 nitrogen and oxygen atoms in total. The Morgan fingerprint density at radius 2 is 2.11 bits per heavy atom. The van der Waals surface area contributed by atoms with E-state index in [0.717, 1.165) is 13.0 Å². The van der Waals surface area contributed by atoms with Crippen LogP contribution in [0.4, 0.5) is 0 Å². The smallest absolute Gasteiger partial charge is 0.00276 e. The molecule has 0 fully saturated rings. The zero-order valence-electron chi connectivity index (χ0n) is 6.49. The average Bonchev–Trinajstić information content (AvgIpc) is 1.85. The highest BCUT2D eigenvalue weighted by molar-refractivity contribution is 4.95. The molecular formula is C7H16N2. The van der Waals surface area contributed by atoms with E-state index in [0.29, 0.717) is 0 Å². The zero-order chi connectivity index (χ0) is 7.11. The first kappa shape index (κ1) is 8.50. The topological polar surface area (TPSA) is 24.1 Å². The Morgan fingerprint density at radius 3 is 2.56 bits per heavy atom. The van der Waals surface area contributed by atoms with E-state index in [-0.39, 0.29) is 0 Å². The lowest BCUT2D eigenvalue weighted by molar-refractivity contribution is 0.780. The Bertz CT molecular complexity index is 86.9. The van der Waals surface area contributed by atoms with E-state index in [1.807, 2.05) is 20.3 Å². The van der Waals surface area contributed by atoms with Crippen molar-refractivity contribution >= 4 is 0 Å². The lowest BCUT2D eigenvalue weighted by Gasteiger charge is -1.98. The van der Waals surface area contributed by atoms with Gasteiger partial charge in [-0.05, 0) is 33.1 Å². The molecule has 0 amide bonds. The lowest BCUT2D eigenvalue weighted by atomic mass is 10.2. The van der Waals surface area contributed by atoms with E-state index in [1.165, 1.54) is 5.57 Å². The summed E-state index contributed by atoms with van der Waals surface area (Å²) < 4.78 is 0. The van der Waals surface area contributed by atoms with Gasteiger partial charge in [-0.25, -0.2) is 0 Å². The summed E-state index contributed by atoms with van der Waals surface area (Å²) >= 11 is 0. The van der Waals surface area contributed by atoms with Gasteiger partial charge in [-0.1, -0.05) is 5.57 Å². The van der Waals surface area contributed by atoms with Crippen LogP contribution in [0.5, 0.6) is 0 Å². The molecule has 2 N–H and O–H groups in total. The zero-order valence-corrected chi connectivity index (χ0v) is 6.49. The minimum Gasteiger partial charge on any atom is -0.394 e. The predicted molar refractivity (Wildman–Crippen MR) is 41.4 cm³/mol. The quantitative estimate of drug-likeness (QED) is 0.583. The summed E-state index contributed by atoms with van der Waals surface area (Å²) in [5, 5.41) is 6.07. The highest BCUT2D eigenvalue weighted by Gasteiger charge is 1.84. The van der Waals surface area contributed by atoms with Crippen LogP contribution in [0.1, 0.15) is 13.3 Å². The molecule has 0 unspecified atom stereocenters. The Labute approximate surface area is 57.3 Å². The van der Waals surface area contributed by atoms with E-state index >= 15 is 0 Å². The molecule has 0 aromatic heterocycles. The van der Waals surface area contributed by atoms with Crippen molar-refractivity contribution in [3.8, 4) is 0 Å². The molecule has 0 aromatic carbocycles. The highest BCUT2D eigenvalue weighted by Crippen LogP contribution is 1.94. The summed E-state index contributed by atoms with van der Waals surface area (Å²) in [6, 6.07) is 0. The third kappa shape index (κ3) is 5.37. The monoisotopic (exact) mass is 128 g/mol. The van der Waals surface area contributed by atoms with E-state index in [4.69, 9.17) is 0 Å². The van der Waals surface area contributed by atoms with Crippen LogP contribution in [-0.2, 0) is 0 Å². The summed E-state index contributed by atoms with van der Waals surface area (Å²) in [6.45, 7) is 3.18. The second kappa shape index (κ2) is 5.63. The molecule has 0 heterocycles. The molecule has 0 rings (SSSR count). The average molecular weight is 128 g/mol. The predicted octanol–water partition coefficient (Wildman–Crippen LogP) is 0.719. The van der Waals surface area contributed by atoms with Gasteiger partial charge in [0.05, 0.1) is 0 Å². The third-order valence-electron chi connectivity index (χ3n) is 1.16. The number of hydrogen-bond donors (Lipinski definition) is 2. The Morgan fingerprint density at radius 1 is 1.44 bits per heavy atom. The van der Waals surface area contributed by atoms with Crippen molar-refractivity contribution in [1.82, 2.24) is 10.6 Å². The maximum Gasteiger partial charge on any atom is 0.00276 e. The molecule has 0 bridgehead atoms. The number of nitrogens with one attached hydrogen (secondary N) is 2. The van der Waals surface area contributed by atoms with Gasteiger partial charge in [0, 0.05) is 7.05 Å². The van der Waals surface area contributed by atoms with Crippen LogP contribution in [0.2, 0.25) is 0 Å². The Hall–Kier alpha value is -0.500. The fraction of sp³-hybridized carbons (Fsp3) is 0.714. The normalized spacial score (nSPS) is 11.7. The molecule has 0 atom stereocenters. The van der Waals surface area contributed by atoms with Gasteiger partial charge in [-0.15, -0.1) is 0 Å². The van der Waals surface area contributed by atoms with Crippen molar-refractivity contribution in [3.05, 3.63) is 11.8 Å². The van der Waals surface area contributed by atoms with Gasteiger partial charge in [0.15, 0.2) is 0 Å². The molecule has 2 heteroatoms. The fourth-order valence-electron chi connectivity index (χ4n) is 0.641. The van der Waals surface area contributed by atoms with Crippen LogP contribution in [-0.4, -0.2) is 20.6 Å². The molecule has 0 saturated carbocycles. The van der Waals surface area contributed by atoms with Gasteiger partial charge in [0.25, 0.3) is 0 Å². The molecule has 0 saturated heterocycles. The summed E-state index contributed by atoms with van der Waals surface area (Å²) in [4.78, 5) is 0. The summed E-state index contributed by atoms with van der Waals surface area (Å²) in [5.41, 5.74) is 1.38. The molecule has 54 valence electrons. The highest BCUT2D eigenvalue weighted by atomic mass is 14.8. The minimum absolute atomic E-state index is 1.06.